The van der Waals surface area contributed by atoms with Gasteiger partial charge in [-0.25, -0.2) is 4.98 Å². The molecule has 31 heavy (non-hydrogen) atoms. The summed E-state index contributed by atoms with van der Waals surface area (Å²) in [5, 5.41) is 3.67. The van der Waals surface area contributed by atoms with Crippen molar-refractivity contribution in [2.24, 2.45) is 5.41 Å². The number of imidazole rings is 1. The molecule has 1 N–H and O–H groups in total. The number of thiophene rings is 1. The van der Waals surface area contributed by atoms with E-state index in [9.17, 15) is 9.59 Å². The maximum absolute atomic E-state index is 13.1. The van der Waals surface area contributed by atoms with Crippen LogP contribution in [0.1, 0.15) is 41.7 Å². The Hall–Kier alpha value is -2.71. The predicted octanol–water partition coefficient (Wildman–Crippen LogP) is 3.65. The summed E-state index contributed by atoms with van der Waals surface area (Å²) >= 11 is 1.36. The van der Waals surface area contributed by atoms with E-state index in [1.54, 1.807) is 0 Å². The molecule has 1 aliphatic rings. The van der Waals surface area contributed by atoms with Crippen LogP contribution in [-0.2, 0) is 11.3 Å². The second kappa shape index (κ2) is 8.43. The monoisotopic (exact) mass is 439 g/mol. The Kier molecular flexibility index (Phi) is 5.85. The van der Waals surface area contributed by atoms with E-state index < -0.39 is 5.41 Å². The lowest BCUT2D eigenvalue weighted by Crippen LogP contribution is -2.48. The molecule has 0 saturated carbocycles. The number of nitrogens with zero attached hydrogens (tertiary/aromatic N) is 4. The molecule has 4 heterocycles. The molecule has 0 aliphatic carbocycles. The molecule has 0 unspecified atom stereocenters. The first-order valence-corrected chi connectivity index (χ1v) is 11.4. The molecule has 4 rings (SSSR count). The maximum atomic E-state index is 13.1. The van der Waals surface area contributed by atoms with Gasteiger partial charge in [-0.05, 0) is 30.7 Å². The van der Waals surface area contributed by atoms with Gasteiger partial charge in [-0.3, -0.25) is 14.5 Å². The molecule has 3 aromatic heterocycles. The van der Waals surface area contributed by atoms with E-state index in [0.717, 1.165) is 41.5 Å². The lowest BCUT2D eigenvalue weighted by atomic mass is 9.96. The molecule has 1 aliphatic heterocycles. The number of amides is 2. The quantitative estimate of drug-likeness (QED) is 0.674. The fourth-order valence-electron chi connectivity index (χ4n) is 3.60. The van der Waals surface area contributed by atoms with Crippen molar-refractivity contribution in [2.75, 3.05) is 31.5 Å². The number of aromatic nitrogens is 2. The minimum absolute atomic E-state index is 0.0473. The number of pyridine rings is 1. The minimum Gasteiger partial charge on any atom is -0.335 e. The van der Waals surface area contributed by atoms with Crippen LogP contribution >= 0.6 is 11.3 Å². The molecule has 7 nitrogen and oxygen atoms in total. The SMILES string of the molecule is Cc1cc(NC(=O)C(C)(C)C)sc1C(=O)N1CCN(Cc2cn3ccccc3n2)CC1. The van der Waals surface area contributed by atoms with Crippen molar-refractivity contribution in [2.45, 2.75) is 34.2 Å². The van der Waals surface area contributed by atoms with Crippen molar-refractivity contribution >= 4 is 33.8 Å². The molecule has 0 bridgehead atoms. The van der Waals surface area contributed by atoms with E-state index in [-0.39, 0.29) is 11.8 Å². The zero-order valence-electron chi connectivity index (χ0n) is 18.5. The summed E-state index contributed by atoms with van der Waals surface area (Å²) in [6.45, 7) is 11.3. The van der Waals surface area contributed by atoms with E-state index in [1.165, 1.54) is 11.3 Å². The van der Waals surface area contributed by atoms with Crippen molar-refractivity contribution in [3.63, 3.8) is 0 Å². The molecule has 8 heteroatoms. The van der Waals surface area contributed by atoms with Gasteiger partial charge in [-0.2, -0.15) is 0 Å². The molecular weight excluding hydrogens is 410 g/mol. The van der Waals surface area contributed by atoms with Gasteiger partial charge in [0.15, 0.2) is 0 Å². The van der Waals surface area contributed by atoms with Crippen LogP contribution in [0.3, 0.4) is 0 Å². The van der Waals surface area contributed by atoms with Gasteiger partial charge in [0.1, 0.15) is 5.65 Å². The number of hydrogen-bond donors (Lipinski definition) is 1. The molecule has 1 saturated heterocycles. The van der Waals surface area contributed by atoms with Crippen LogP contribution in [0.15, 0.2) is 36.7 Å². The molecule has 0 radical (unpaired) electrons. The standard InChI is InChI=1S/C23H29N5O2S/c1-16-13-19(25-22(30)23(2,3)4)31-20(16)21(29)27-11-9-26(10-12-27)14-17-15-28-8-6-5-7-18(28)24-17/h5-8,13,15H,9-12,14H2,1-4H3,(H,25,30). The molecule has 1 fully saturated rings. The molecule has 2 amide bonds. The largest absolute Gasteiger partial charge is 0.335 e. The van der Waals surface area contributed by atoms with Crippen LogP contribution in [-0.4, -0.2) is 57.2 Å². The van der Waals surface area contributed by atoms with Crippen molar-refractivity contribution in [3.8, 4) is 0 Å². The summed E-state index contributed by atoms with van der Waals surface area (Å²) in [7, 11) is 0. The van der Waals surface area contributed by atoms with E-state index in [4.69, 9.17) is 0 Å². The van der Waals surface area contributed by atoms with Crippen LogP contribution in [0.25, 0.3) is 5.65 Å². The van der Waals surface area contributed by atoms with Crippen LogP contribution < -0.4 is 5.32 Å². The van der Waals surface area contributed by atoms with Crippen molar-refractivity contribution in [1.82, 2.24) is 19.2 Å². The fraction of sp³-hybridized carbons (Fsp3) is 0.435. The summed E-state index contributed by atoms with van der Waals surface area (Å²) in [6, 6.07) is 7.88. The topological polar surface area (TPSA) is 70.0 Å². The van der Waals surface area contributed by atoms with E-state index in [1.807, 2.05) is 67.5 Å². The van der Waals surface area contributed by atoms with Gasteiger partial charge < -0.3 is 14.6 Å². The first-order valence-electron chi connectivity index (χ1n) is 10.6. The minimum atomic E-state index is -0.473. The lowest BCUT2D eigenvalue weighted by molar-refractivity contribution is -0.123. The van der Waals surface area contributed by atoms with Crippen LogP contribution in [0, 0.1) is 12.3 Å². The van der Waals surface area contributed by atoms with Gasteiger partial charge >= 0.3 is 0 Å². The first kappa shape index (κ1) is 21.5. The van der Waals surface area contributed by atoms with Crippen molar-refractivity contribution < 1.29 is 9.59 Å². The number of anilines is 1. The second-order valence-electron chi connectivity index (χ2n) is 9.09. The van der Waals surface area contributed by atoms with Crippen molar-refractivity contribution in [3.05, 3.63) is 52.8 Å². The highest BCUT2D eigenvalue weighted by molar-refractivity contribution is 7.18. The third kappa shape index (κ3) is 4.80. The number of aryl methyl sites for hydroxylation is 1. The van der Waals surface area contributed by atoms with Gasteiger partial charge in [-0.1, -0.05) is 26.8 Å². The molecule has 0 atom stereocenters. The number of carbonyl (C=O) groups is 2. The normalized spacial score (nSPS) is 15.4. The average Bonchev–Trinajstić information content (AvgIpc) is 3.29. The summed E-state index contributed by atoms with van der Waals surface area (Å²) in [4.78, 5) is 35.0. The molecule has 0 aromatic carbocycles. The smallest absolute Gasteiger partial charge is 0.264 e. The van der Waals surface area contributed by atoms with E-state index in [0.29, 0.717) is 18.0 Å². The van der Waals surface area contributed by atoms with Gasteiger partial charge in [0.05, 0.1) is 15.6 Å². The average molecular weight is 440 g/mol. The predicted molar refractivity (Wildman–Crippen MR) is 124 cm³/mol. The Labute approximate surface area is 186 Å². The molecule has 164 valence electrons. The highest BCUT2D eigenvalue weighted by Gasteiger charge is 2.27. The van der Waals surface area contributed by atoms with E-state index in [2.05, 4.69) is 21.4 Å². The van der Waals surface area contributed by atoms with Crippen LogP contribution in [0.2, 0.25) is 0 Å². The van der Waals surface area contributed by atoms with Crippen LogP contribution in [0.5, 0.6) is 0 Å². The lowest BCUT2D eigenvalue weighted by Gasteiger charge is -2.34. The van der Waals surface area contributed by atoms with Crippen LogP contribution in [0.4, 0.5) is 5.00 Å². The number of nitrogens with one attached hydrogen (secondary N) is 1. The third-order valence-corrected chi connectivity index (χ3v) is 6.63. The Morgan fingerprint density at radius 1 is 1.16 bits per heavy atom. The number of hydrogen-bond acceptors (Lipinski definition) is 5. The zero-order chi connectivity index (χ0) is 22.2. The summed E-state index contributed by atoms with van der Waals surface area (Å²) < 4.78 is 2.03. The maximum Gasteiger partial charge on any atom is 0.264 e. The number of piperazine rings is 1. The van der Waals surface area contributed by atoms with Crippen molar-refractivity contribution in [1.29, 1.82) is 0 Å². The number of carbonyl (C=O) groups excluding carboxylic acids is 2. The Morgan fingerprint density at radius 3 is 2.58 bits per heavy atom. The number of fused-ring (bicyclic) bond motifs is 1. The fourth-order valence-corrected chi connectivity index (χ4v) is 4.64. The zero-order valence-corrected chi connectivity index (χ0v) is 19.3. The highest BCUT2D eigenvalue weighted by Crippen LogP contribution is 2.29. The van der Waals surface area contributed by atoms with Gasteiger partial charge in [-0.15, -0.1) is 11.3 Å². The molecular formula is C23H29N5O2S. The first-order chi connectivity index (χ1) is 14.7. The van der Waals surface area contributed by atoms with Gasteiger partial charge in [0.25, 0.3) is 5.91 Å². The highest BCUT2D eigenvalue weighted by atomic mass is 32.1. The Morgan fingerprint density at radius 2 is 1.90 bits per heavy atom. The summed E-state index contributed by atoms with van der Waals surface area (Å²) in [5.74, 6) is -0.000512. The summed E-state index contributed by atoms with van der Waals surface area (Å²) in [5.41, 5.74) is 2.43. The Bertz CT molecular complexity index is 1070. The molecule has 0 spiro atoms. The summed E-state index contributed by atoms with van der Waals surface area (Å²) in [6.07, 6.45) is 4.07. The molecule has 3 aromatic rings. The Balaban J connectivity index is 1.35. The number of rotatable bonds is 4. The van der Waals surface area contributed by atoms with Gasteiger partial charge in [0.2, 0.25) is 5.91 Å². The second-order valence-corrected chi connectivity index (χ2v) is 10.1. The van der Waals surface area contributed by atoms with Gasteiger partial charge in [0, 0.05) is 50.5 Å². The third-order valence-electron chi connectivity index (χ3n) is 5.49. The van der Waals surface area contributed by atoms with E-state index >= 15 is 0 Å².